The van der Waals surface area contributed by atoms with Crippen molar-refractivity contribution in [3.8, 4) is 5.75 Å². The molecule has 160 valence electrons. The summed E-state index contributed by atoms with van der Waals surface area (Å²) < 4.78 is 10.0. The minimum Gasteiger partial charge on any atom is -0.487 e. The van der Waals surface area contributed by atoms with E-state index in [1.807, 2.05) is 59.3 Å². The van der Waals surface area contributed by atoms with E-state index in [1.54, 1.807) is 12.1 Å². The number of benzene rings is 2. The molecule has 0 aliphatic rings. The van der Waals surface area contributed by atoms with Crippen molar-refractivity contribution in [3.63, 3.8) is 0 Å². The predicted octanol–water partition coefficient (Wildman–Crippen LogP) is 4.69. The van der Waals surface area contributed by atoms with Gasteiger partial charge < -0.3 is 19.0 Å². The van der Waals surface area contributed by atoms with Crippen molar-refractivity contribution in [1.29, 1.82) is 0 Å². The topological polar surface area (TPSA) is 60.6 Å². The fraction of sp³-hybridized carbons (Fsp3) is 0.154. The van der Waals surface area contributed by atoms with Gasteiger partial charge in [0.05, 0.1) is 5.69 Å². The van der Waals surface area contributed by atoms with Crippen molar-refractivity contribution >= 4 is 22.5 Å². The largest absolute Gasteiger partial charge is 0.487 e. The average Bonchev–Trinajstić information content (AvgIpc) is 3.44. The summed E-state index contributed by atoms with van der Waals surface area (Å²) in [5, 5.41) is 4.24. The first-order valence-electron chi connectivity index (χ1n) is 10.7. The van der Waals surface area contributed by atoms with Crippen LogP contribution in [0.5, 0.6) is 5.75 Å². The number of nitrogens with zero attached hydrogens (tertiary/aromatic N) is 3. The fourth-order valence-electron chi connectivity index (χ4n) is 3.83. The van der Waals surface area contributed by atoms with Crippen LogP contribution in [0.3, 0.4) is 0 Å². The lowest BCUT2D eigenvalue weighted by molar-refractivity contribution is 0.0952. The van der Waals surface area contributed by atoms with E-state index in [-0.39, 0.29) is 5.91 Å². The van der Waals surface area contributed by atoms with Crippen LogP contribution in [0.15, 0.2) is 91.4 Å². The maximum absolute atomic E-state index is 12.6. The molecule has 0 aliphatic heterocycles. The lowest BCUT2D eigenvalue weighted by Crippen LogP contribution is -2.25. The van der Waals surface area contributed by atoms with E-state index in [4.69, 9.17) is 4.74 Å². The fourth-order valence-corrected chi connectivity index (χ4v) is 3.83. The Morgan fingerprint density at radius 1 is 0.969 bits per heavy atom. The van der Waals surface area contributed by atoms with Crippen LogP contribution in [0.1, 0.15) is 22.5 Å². The monoisotopic (exact) mass is 424 g/mol. The van der Waals surface area contributed by atoms with Crippen LogP contribution in [-0.2, 0) is 13.2 Å². The third-order valence-electron chi connectivity index (χ3n) is 5.44. The third kappa shape index (κ3) is 4.34. The van der Waals surface area contributed by atoms with Crippen molar-refractivity contribution < 1.29 is 9.53 Å². The highest BCUT2D eigenvalue weighted by molar-refractivity contribution is 5.94. The third-order valence-corrected chi connectivity index (χ3v) is 5.44. The van der Waals surface area contributed by atoms with Gasteiger partial charge in [-0.05, 0) is 54.3 Å². The van der Waals surface area contributed by atoms with Gasteiger partial charge in [0.1, 0.15) is 18.0 Å². The van der Waals surface area contributed by atoms with E-state index < -0.39 is 0 Å². The molecule has 0 saturated heterocycles. The van der Waals surface area contributed by atoms with Crippen LogP contribution in [0, 0.1) is 0 Å². The Morgan fingerprint density at radius 3 is 2.81 bits per heavy atom. The van der Waals surface area contributed by atoms with Crippen LogP contribution in [-0.4, -0.2) is 26.4 Å². The molecule has 1 amide bonds. The van der Waals surface area contributed by atoms with Crippen molar-refractivity contribution in [3.05, 3.63) is 103 Å². The Morgan fingerprint density at radius 2 is 1.88 bits per heavy atom. The Balaban J connectivity index is 1.13. The molecule has 0 spiro atoms. The number of fused-ring (bicyclic) bond motifs is 2. The van der Waals surface area contributed by atoms with E-state index in [1.165, 1.54) is 10.9 Å². The number of hydrogen-bond donors (Lipinski definition) is 1. The molecule has 2 aromatic carbocycles. The van der Waals surface area contributed by atoms with E-state index in [9.17, 15) is 4.79 Å². The van der Waals surface area contributed by atoms with Crippen molar-refractivity contribution in [2.75, 3.05) is 6.54 Å². The molecule has 0 fully saturated rings. The molecule has 0 aliphatic carbocycles. The van der Waals surface area contributed by atoms with Gasteiger partial charge in [-0.3, -0.25) is 4.79 Å². The Labute approximate surface area is 186 Å². The molecule has 0 atom stereocenters. The number of aryl methyl sites for hydroxylation is 1. The minimum atomic E-state index is -0.0967. The van der Waals surface area contributed by atoms with E-state index in [2.05, 4.69) is 39.3 Å². The Bertz CT molecular complexity index is 1340. The van der Waals surface area contributed by atoms with E-state index >= 15 is 0 Å². The summed E-state index contributed by atoms with van der Waals surface area (Å²) >= 11 is 0. The summed E-state index contributed by atoms with van der Waals surface area (Å²) in [5.74, 6) is 0.550. The van der Waals surface area contributed by atoms with Crippen LogP contribution >= 0.6 is 0 Å². The zero-order valence-electron chi connectivity index (χ0n) is 17.6. The number of carbonyl (C=O) groups is 1. The van der Waals surface area contributed by atoms with Crippen LogP contribution < -0.4 is 10.1 Å². The summed E-state index contributed by atoms with van der Waals surface area (Å²) in [6, 6.07) is 23.5. The SMILES string of the molecule is O=C(NCCCn1ccc2ccccc21)c1cccc(OCc2cn3ccccc3n2)c1. The molecular weight excluding hydrogens is 400 g/mol. The van der Waals surface area contributed by atoms with Crippen molar-refractivity contribution in [1.82, 2.24) is 19.3 Å². The van der Waals surface area contributed by atoms with Crippen LogP contribution in [0.2, 0.25) is 0 Å². The molecule has 32 heavy (non-hydrogen) atoms. The van der Waals surface area contributed by atoms with Gasteiger partial charge >= 0.3 is 0 Å². The van der Waals surface area contributed by atoms with Gasteiger partial charge in [-0.2, -0.15) is 0 Å². The number of pyridine rings is 1. The molecule has 5 aromatic rings. The number of amides is 1. The molecule has 0 bridgehead atoms. The standard InChI is InChI=1S/C26H24N4O2/c31-26(27-13-6-15-29-16-12-20-7-1-2-10-24(20)29)21-8-5-9-23(17-21)32-19-22-18-30-14-4-3-11-25(30)28-22/h1-5,7-12,14,16-18H,6,13,15,19H2,(H,27,31). The second-order valence-corrected chi connectivity index (χ2v) is 7.69. The first kappa shape index (κ1) is 19.9. The van der Waals surface area contributed by atoms with Gasteiger partial charge in [0.15, 0.2) is 0 Å². The minimum absolute atomic E-state index is 0.0967. The lowest BCUT2D eigenvalue weighted by Gasteiger charge is -2.09. The zero-order valence-corrected chi connectivity index (χ0v) is 17.6. The number of para-hydroxylation sites is 1. The maximum atomic E-state index is 12.6. The number of carbonyl (C=O) groups excluding carboxylic acids is 1. The summed E-state index contributed by atoms with van der Waals surface area (Å²) in [5.41, 5.74) is 3.52. The highest BCUT2D eigenvalue weighted by atomic mass is 16.5. The van der Waals surface area contributed by atoms with Crippen molar-refractivity contribution in [2.24, 2.45) is 0 Å². The van der Waals surface area contributed by atoms with Gasteiger partial charge in [-0.1, -0.05) is 30.3 Å². The number of ether oxygens (including phenoxy) is 1. The van der Waals surface area contributed by atoms with Crippen molar-refractivity contribution in [2.45, 2.75) is 19.6 Å². The molecule has 0 unspecified atom stereocenters. The highest BCUT2D eigenvalue weighted by Gasteiger charge is 2.08. The number of hydrogen-bond acceptors (Lipinski definition) is 3. The van der Waals surface area contributed by atoms with E-state index in [0.29, 0.717) is 24.5 Å². The molecule has 5 rings (SSSR count). The quantitative estimate of drug-likeness (QED) is 0.368. The molecule has 0 radical (unpaired) electrons. The van der Waals surface area contributed by atoms with Crippen LogP contribution in [0.4, 0.5) is 0 Å². The smallest absolute Gasteiger partial charge is 0.251 e. The maximum Gasteiger partial charge on any atom is 0.251 e. The number of imidazole rings is 1. The molecule has 3 aromatic heterocycles. The number of rotatable bonds is 8. The average molecular weight is 425 g/mol. The summed E-state index contributed by atoms with van der Waals surface area (Å²) in [7, 11) is 0. The lowest BCUT2D eigenvalue weighted by atomic mass is 10.2. The van der Waals surface area contributed by atoms with Gasteiger partial charge in [0.2, 0.25) is 0 Å². The van der Waals surface area contributed by atoms with Gasteiger partial charge in [0, 0.05) is 42.8 Å². The molecule has 1 N–H and O–H groups in total. The zero-order chi connectivity index (χ0) is 21.8. The van der Waals surface area contributed by atoms with Gasteiger partial charge in [-0.25, -0.2) is 4.98 Å². The normalized spacial score (nSPS) is 11.1. The van der Waals surface area contributed by atoms with Gasteiger partial charge in [-0.15, -0.1) is 0 Å². The summed E-state index contributed by atoms with van der Waals surface area (Å²) in [6.07, 6.45) is 6.85. The molecule has 0 saturated carbocycles. The molecule has 3 heterocycles. The number of aromatic nitrogens is 3. The molecule has 6 nitrogen and oxygen atoms in total. The summed E-state index contributed by atoms with van der Waals surface area (Å²) in [4.78, 5) is 17.1. The number of nitrogens with one attached hydrogen (secondary N) is 1. The first-order chi connectivity index (χ1) is 15.8. The molecule has 6 heteroatoms. The summed E-state index contributed by atoms with van der Waals surface area (Å²) in [6.45, 7) is 1.81. The second-order valence-electron chi connectivity index (χ2n) is 7.69. The Kier molecular flexibility index (Phi) is 5.58. The van der Waals surface area contributed by atoms with Crippen LogP contribution in [0.25, 0.3) is 16.6 Å². The Hall–Kier alpha value is -4.06. The highest BCUT2D eigenvalue weighted by Crippen LogP contribution is 2.17. The molecular formula is C26H24N4O2. The second kappa shape index (κ2) is 8.98. The van der Waals surface area contributed by atoms with E-state index in [0.717, 1.165) is 24.3 Å². The first-order valence-corrected chi connectivity index (χ1v) is 10.7. The predicted molar refractivity (Wildman–Crippen MR) is 125 cm³/mol. The van der Waals surface area contributed by atoms with Gasteiger partial charge in [0.25, 0.3) is 5.91 Å².